The van der Waals surface area contributed by atoms with Crippen LogP contribution >= 0.6 is 15.9 Å². The third-order valence-corrected chi connectivity index (χ3v) is 6.89. The number of benzene rings is 3. The van der Waals surface area contributed by atoms with Gasteiger partial charge < -0.3 is 19.5 Å². The van der Waals surface area contributed by atoms with Crippen molar-refractivity contribution < 1.29 is 19.0 Å². The highest BCUT2D eigenvalue weighted by atomic mass is 79.9. The van der Waals surface area contributed by atoms with Crippen molar-refractivity contribution in [2.45, 2.75) is 18.2 Å². The number of hydrazone groups is 1. The van der Waals surface area contributed by atoms with Gasteiger partial charge in [0, 0.05) is 16.5 Å². The average Bonchev–Trinajstić information content (AvgIpc) is 3.40. The maximum atomic E-state index is 13.6. The summed E-state index contributed by atoms with van der Waals surface area (Å²) in [5, 5.41) is 9.76. The van der Waals surface area contributed by atoms with Crippen LogP contribution in [0.5, 0.6) is 17.2 Å². The minimum absolute atomic E-state index is 0.198. The maximum absolute atomic E-state index is 13.6. The van der Waals surface area contributed by atoms with Gasteiger partial charge in [-0.3, -0.25) is 4.79 Å². The minimum atomic E-state index is -1.44. The Balaban J connectivity index is 1.56. The summed E-state index contributed by atoms with van der Waals surface area (Å²) in [6.07, 6.45) is 0.619. The van der Waals surface area contributed by atoms with Crippen LogP contribution in [-0.4, -0.2) is 30.8 Å². The van der Waals surface area contributed by atoms with Crippen LogP contribution < -0.4 is 19.5 Å². The zero-order chi connectivity index (χ0) is 22.7. The summed E-state index contributed by atoms with van der Waals surface area (Å²) in [6, 6.07) is 19.0. The Bertz CT molecular complexity index is 1320. The number of carbonyl (C=O) groups excluding carboxylic acids is 1. The Kier molecular flexibility index (Phi) is 4.42. The predicted octanol–water partition coefficient (Wildman–Crippen LogP) is 4.81. The van der Waals surface area contributed by atoms with Crippen LogP contribution in [0.2, 0.25) is 0 Å². The molecule has 8 heteroatoms. The van der Waals surface area contributed by atoms with Crippen molar-refractivity contribution in [3.05, 3.63) is 81.8 Å². The highest BCUT2D eigenvalue weighted by Crippen LogP contribution is 2.56. The van der Waals surface area contributed by atoms with E-state index < -0.39 is 5.72 Å². The Morgan fingerprint density at radius 2 is 1.94 bits per heavy atom. The van der Waals surface area contributed by atoms with Crippen LogP contribution in [0.15, 0.2) is 70.2 Å². The fraction of sp³-hybridized carbons (Fsp3) is 0.200. The van der Waals surface area contributed by atoms with Crippen LogP contribution in [0.3, 0.4) is 0 Å². The molecule has 0 fully saturated rings. The first kappa shape index (κ1) is 20.1. The van der Waals surface area contributed by atoms with E-state index in [1.165, 1.54) is 0 Å². The van der Waals surface area contributed by atoms with E-state index in [-0.39, 0.29) is 11.9 Å². The molecule has 0 bridgehead atoms. The number of hydrogen-bond acceptors (Lipinski definition) is 6. The van der Waals surface area contributed by atoms with Gasteiger partial charge in [-0.15, -0.1) is 0 Å². The molecular formula is C25H20BrN3O4. The molecule has 7 nitrogen and oxygen atoms in total. The smallest absolute Gasteiger partial charge is 0.306 e. The molecule has 3 aromatic rings. The standard InChI is InChI=1S/C25H20BrN3O4/c1-31-16-9-6-14(7-10-16)20-13-21-17-4-3-5-22(32-2)23(17)33-25(29(21)28-20)18-12-15(26)8-11-19(18)27-24(25)30/h3-12,21H,13H2,1-2H3,(H,27,30)/t21-,25-/m0/s1. The largest absolute Gasteiger partial charge is 0.497 e. The van der Waals surface area contributed by atoms with E-state index in [4.69, 9.17) is 19.3 Å². The van der Waals surface area contributed by atoms with Crippen molar-refractivity contribution in [1.29, 1.82) is 0 Å². The van der Waals surface area contributed by atoms with Gasteiger partial charge in [0.1, 0.15) is 5.75 Å². The number of hydrogen-bond donors (Lipinski definition) is 1. The van der Waals surface area contributed by atoms with E-state index in [0.717, 1.165) is 27.1 Å². The van der Waals surface area contributed by atoms with E-state index in [1.54, 1.807) is 14.2 Å². The van der Waals surface area contributed by atoms with E-state index in [9.17, 15) is 4.79 Å². The van der Waals surface area contributed by atoms with E-state index in [1.807, 2.05) is 65.7 Å². The first-order chi connectivity index (χ1) is 16.0. The number of carbonyl (C=O) groups is 1. The van der Waals surface area contributed by atoms with Crippen LogP contribution in [-0.2, 0) is 10.5 Å². The lowest BCUT2D eigenvalue weighted by atomic mass is 9.92. The molecule has 33 heavy (non-hydrogen) atoms. The monoisotopic (exact) mass is 505 g/mol. The van der Waals surface area contributed by atoms with Gasteiger partial charge in [0.15, 0.2) is 11.5 Å². The van der Waals surface area contributed by atoms with Crippen LogP contribution in [0, 0.1) is 0 Å². The zero-order valence-electron chi connectivity index (χ0n) is 18.0. The van der Waals surface area contributed by atoms with Gasteiger partial charge in [-0.05, 0) is 54.1 Å². The molecule has 3 aromatic carbocycles. The lowest BCUT2D eigenvalue weighted by molar-refractivity contribution is -0.161. The first-order valence-electron chi connectivity index (χ1n) is 10.5. The molecule has 166 valence electrons. The molecule has 0 radical (unpaired) electrons. The molecule has 1 amide bonds. The Hall–Kier alpha value is -3.52. The fourth-order valence-electron chi connectivity index (χ4n) is 4.82. The number of rotatable bonds is 3. The molecule has 2 atom stereocenters. The summed E-state index contributed by atoms with van der Waals surface area (Å²) in [5.74, 6) is 1.65. The molecule has 0 aliphatic carbocycles. The number of nitrogens with one attached hydrogen (secondary N) is 1. The third kappa shape index (κ3) is 2.80. The van der Waals surface area contributed by atoms with E-state index >= 15 is 0 Å². The predicted molar refractivity (Wildman–Crippen MR) is 127 cm³/mol. The highest BCUT2D eigenvalue weighted by Gasteiger charge is 2.61. The van der Waals surface area contributed by atoms with E-state index in [2.05, 4.69) is 21.2 Å². The van der Waals surface area contributed by atoms with Crippen molar-refractivity contribution in [2.75, 3.05) is 19.5 Å². The molecule has 0 saturated heterocycles. The number of halogens is 1. The van der Waals surface area contributed by atoms with Gasteiger partial charge in [-0.1, -0.05) is 28.1 Å². The van der Waals surface area contributed by atoms with Crippen molar-refractivity contribution in [1.82, 2.24) is 5.01 Å². The molecule has 3 aliphatic heterocycles. The Morgan fingerprint density at radius 3 is 2.70 bits per heavy atom. The number of para-hydroxylation sites is 1. The number of amides is 1. The van der Waals surface area contributed by atoms with Crippen LogP contribution in [0.1, 0.15) is 29.2 Å². The molecule has 0 unspecified atom stereocenters. The quantitative estimate of drug-likeness (QED) is 0.552. The summed E-state index contributed by atoms with van der Waals surface area (Å²) < 4.78 is 18.3. The second kappa shape index (κ2) is 7.25. The second-order valence-corrected chi connectivity index (χ2v) is 9.02. The molecule has 3 heterocycles. The normalized spacial score (nSPS) is 22.2. The Morgan fingerprint density at radius 1 is 1.12 bits per heavy atom. The molecule has 0 saturated carbocycles. The fourth-order valence-corrected chi connectivity index (χ4v) is 5.19. The number of ether oxygens (including phenoxy) is 3. The molecule has 6 rings (SSSR count). The SMILES string of the molecule is COc1ccc(C2=NN3[C@@H](C2)c2cccc(OC)c2O[C@@]32C(=O)Nc3ccc(Br)cc32)cc1. The van der Waals surface area contributed by atoms with Crippen molar-refractivity contribution >= 4 is 33.2 Å². The van der Waals surface area contributed by atoms with Gasteiger partial charge in [0.05, 0.1) is 37.2 Å². The van der Waals surface area contributed by atoms with E-state index in [0.29, 0.717) is 29.2 Å². The molecule has 1 N–H and O–H groups in total. The average molecular weight is 506 g/mol. The van der Waals surface area contributed by atoms with Gasteiger partial charge in [0.2, 0.25) is 0 Å². The molecule has 0 aromatic heterocycles. The Labute approximate surface area is 199 Å². The van der Waals surface area contributed by atoms with Gasteiger partial charge in [-0.2, -0.15) is 5.10 Å². The third-order valence-electron chi connectivity index (χ3n) is 6.40. The second-order valence-electron chi connectivity index (χ2n) is 8.11. The van der Waals surface area contributed by atoms with Crippen LogP contribution in [0.25, 0.3) is 0 Å². The molecule has 3 aliphatic rings. The van der Waals surface area contributed by atoms with Crippen LogP contribution in [0.4, 0.5) is 5.69 Å². The number of nitrogens with zero attached hydrogens (tertiary/aromatic N) is 2. The lowest BCUT2D eigenvalue weighted by Crippen LogP contribution is -2.55. The van der Waals surface area contributed by atoms with Crippen molar-refractivity contribution in [3.63, 3.8) is 0 Å². The molecule has 1 spiro atoms. The zero-order valence-corrected chi connectivity index (χ0v) is 19.5. The van der Waals surface area contributed by atoms with Gasteiger partial charge in [-0.25, -0.2) is 5.01 Å². The number of methoxy groups -OCH3 is 2. The lowest BCUT2D eigenvalue weighted by Gasteiger charge is -2.44. The summed E-state index contributed by atoms with van der Waals surface area (Å²) >= 11 is 3.54. The van der Waals surface area contributed by atoms with Crippen molar-refractivity contribution in [2.24, 2.45) is 5.10 Å². The summed E-state index contributed by atoms with van der Waals surface area (Å²) in [6.45, 7) is 0. The minimum Gasteiger partial charge on any atom is -0.497 e. The molecular weight excluding hydrogens is 486 g/mol. The van der Waals surface area contributed by atoms with Gasteiger partial charge in [0.25, 0.3) is 5.91 Å². The maximum Gasteiger partial charge on any atom is 0.306 e. The highest BCUT2D eigenvalue weighted by molar-refractivity contribution is 9.10. The number of fused-ring (bicyclic) bond motifs is 6. The summed E-state index contributed by atoms with van der Waals surface area (Å²) in [5.41, 5.74) is 2.75. The van der Waals surface area contributed by atoms with Crippen molar-refractivity contribution in [3.8, 4) is 17.2 Å². The summed E-state index contributed by atoms with van der Waals surface area (Å²) in [4.78, 5) is 13.6. The number of anilines is 1. The summed E-state index contributed by atoms with van der Waals surface area (Å²) in [7, 11) is 3.24. The first-order valence-corrected chi connectivity index (χ1v) is 11.3. The topological polar surface area (TPSA) is 72.4 Å². The van der Waals surface area contributed by atoms with Gasteiger partial charge >= 0.3 is 5.72 Å².